The predicted octanol–water partition coefficient (Wildman–Crippen LogP) is 2.91. The van der Waals surface area contributed by atoms with Gasteiger partial charge in [0.15, 0.2) is 9.84 Å². The van der Waals surface area contributed by atoms with Gasteiger partial charge < -0.3 is 15.4 Å². The van der Waals surface area contributed by atoms with Gasteiger partial charge in [-0.15, -0.1) is 0 Å². The molecule has 25 heavy (non-hydrogen) atoms. The number of carbonyl (C=O) groups is 2. The van der Waals surface area contributed by atoms with Gasteiger partial charge in [-0.05, 0) is 49.4 Å². The normalized spacial score (nSPS) is 10.8. The first kappa shape index (κ1) is 18.5. The Morgan fingerprint density at radius 1 is 1.00 bits per heavy atom. The first-order chi connectivity index (χ1) is 11.8. The van der Waals surface area contributed by atoms with Crippen LogP contribution in [0.3, 0.4) is 0 Å². The zero-order valence-electron chi connectivity index (χ0n) is 13.8. The molecule has 0 atom stereocenters. The summed E-state index contributed by atoms with van der Waals surface area (Å²) in [7, 11) is -3.29. The van der Waals surface area contributed by atoms with Gasteiger partial charge in [0.25, 0.3) is 0 Å². The molecule has 0 aliphatic rings. The lowest BCUT2D eigenvalue weighted by molar-refractivity contribution is 0.0526. The van der Waals surface area contributed by atoms with Gasteiger partial charge in [0.1, 0.15) is 0 Å². The molecule has 0 radical (unpaired) electrons. The van der Waals surface area contributed by atoms with Crippen LogP contribution in [0.2, 0.25) is 0 Å². The van der Waals surface area contributed by atoms with Gasteiger partial charge in [-0.1, -0.05) is 6.07 Å². The number of hydrogen-bond donors (Lipinski definition) is 2. The highest BCUT2D eigenvalue weighted by molar-refractivity contribution is 7.90. The minimum atomic E-state index is -3.29. The van der Waals surface area contributed by atoms with Crippen LogP contribution in [0.15, 0.2) is 53.4 Å². The molecule has 0 saturated carbocycles. The molecule has 2 rings (SSSR count). The molecule has 0 aliphatic carbocycles. The number of nitrogens with one attached hydrogen (secondary N) is 2. The summed E-state index contributed by atoms with van der Waals surface area (Å²) in [6.45, 7) is 1.98. The van der Waals surface area contributed by atoms with E-state index in [4.69, 9.17) is 4.74 Å². The Hall–Kier alpha value is -2.87. The summed E-state index contributed by atoms with van der Waals surface area (Å²) < 4.78 is 27.7. The summed E-state index contributed by atoms with van der Waals surface area (Å²) in [5, 5.41) is 5.18. The molecule has 2 aromatic carbocycles. The van der Waals surface area contributed by atoms with Crippen molar-refractivity contribution in [2.24, 2.45) is 0 Å². The van der Waals surface area contributed by atoms with Gasteiger partial charge in [-0.3, -0.25) is 0 Å². The second kappa shape index (κ2) is 7.80. The summed E-state index contributed by atoms with van der Waals surface area (Å²) in [6, 6.07) is 11.6. The van der Waals surface area contributed by atoms with Crippen molar-refractivity contribution in [3.8, 4) is 0 Å². The minimum absolute atomic E-state index is 0.167. The Kier molecular flexibility index (Phi) is 5.76. The number of sulfone groups is 1. The van der Waals surface area contributed by atoms with Crippen molar-refractivity contribution in [3.63, 3.8) is 0 Å². The number of anilines is 2. The van der Waals surface area contributed by atoms with Crippen molar-refractivity contribution >= 4 is 33.2 Å². The molecule has 0 unspecified atom stereocenters. The van der Waals surface area contributed by atoms with Gasteiger partial charge in [-0.2, -0.15) is 0 Å². The Bertz CT molecular complexity index is 876. The Morgan fingerprint density at radius 3 is 2.24 bits per heavy atom. The molecule has 0 aromatic heterocycles. The largest absolute Gasteiger partial charge is 0.462 e. The van der Waals surface area contributed by atoms with E-state index < -0.39 is 21.8 Å². The molecular weight excluding hydrogens is 344 g/mol. The fraction of sp³-hybridized carbons (Fsp3) is 0.176. The van der Waals surface area contributed by atoms with E-state index >= 15 is 0 Å². The maximum atomic E-state index is 12.0. The number of ether oxygens (including phenoxy) is 1. The maximum Gasteiger partial charge on any atom is 0.338 e. The molecule has 0 bridgehead atoms. The average Bonchev–Trinajstić information content (AvgIpc) is 2.55. The van der Waals surface area contributed by atoms with Crippen molar-refractivity contribution in [1.82, 2.24) is 0 Å². The molecule has 8 heteroatoms. The van der Waals surface area contributed by atoms with Crippen LogP contribution in [0.1, 0.15) is 17.3 Å². The van der Waals surface area contributed by atoms with Crippen LogP contribution in [0.5, 0.6) is 0 Å². The fourth-order valence-corrected chi connectivity index (χ4v) is 2.65. The van der Waals surface area contributed by atoms with Crippen LogP contribution in [-0.2, 0) is 14.6 Å². The van der Waals surface area contributed by atoms with Gasteiger partial charge in [0.2, 0.25) is 0 Å². The highest BCUT2D eigenvalue weighted by atomic mass is 32.2. The third-order valence-corrected chi connectivity index (χ3v) is 4.30. The summed E-state index contributed by atoms with van der Waals surface area (Å²) in [6.07, 6.45) is 1.11. The summed E-state index contributed by atoms with van der Waals surface area (Å²) in [4.78, 5) is 23.9. The average molecular weight is 362 g/mol. The number of carbonyl (C=O) groups excluding carboxylic acids is 2. The number of esters is 1. The summed E-state index contributed by atoms with van der Waals surface area (Å²) in [5.41, 5.74) is 1.19. The second-order valence-corrected chi connectivity index (χ2v) is 7.19. The minimum Gasteiger partial charge on any atom is -0.462 e. The molecule has 2 amide bonds. The monoisotopic (exact) mass is 362 g/mol. The van der Waals surface area contributed by atoms with Crippen LogP contribution in [0.25, 0.3) is 0 Å². The maximum absolute atomic E-state index is 12.0. The number of hydrogen-bond acceptors (Lipinski definition) is 5. The van der Waals surface area contributed by atoms with E-state index in [9.17, 15) is 18.0 Å². The first-order valence-electron chi connectivity index (χ1n) is 7.45. The molecule has 132 valence electrons. The van der Waals surface area contributed by atoms with Crippen molar-refractivity contribution in [2.75, 3.05) is 23.5 Å². The van der Waals surface area contributed by atoms with Gasteiger partial charge in [0, 0.05) is 17.6 Å². The molecule has 0 aliphatic heterocycles. The smallest absolute Gasteiger partial charge is 0.338 e. The Morgan fingerprint density at radius 2 is 1.64 bits per heavy atom. The SMILES string of the molecule is CCOC(=O)c1cccc(NC(=O)Nc2ccc(S(C)(=O)=O)cc2)c1. The molecule has 0 heterocycles. The van der Waals surface area contributed by atoms with E-state index in [0.717, 1.165) is 6.26 Å². The third kappa shape index (κ3) is 5.32. The lowest BCUT2D eigenvalue weighted by Gasteiger charge is -2.09. The van der Waals surface area contributed by atoms with Crippen molar-refractivity contribution < 1.29 is 22.7 Å². The molecule has 7 nitrogen and oxygen atoms in total. The summed E-state index contributed by atoms with van der Waals surface area (Å²) >= 11 is 0. The van der Waals surface area contributed by atoms with E-state index in [1.54, 1.807) is 25.1 Å². The molecule has 0 saturated heterocycles. The number of rotatable bonds is 5. The molecule has 0 fully saturated rings. The van der Waals surface area contributed by atoms with Crippen LogP contribution >= 0.6 is 0 Å². The fourth-order valence-electron chi connectivity index (χ4n) is 2.02. The van der Waals surface area contributed by atoms with Crippen molar-refractivity contribution in [1.29, 1.82) is 0 Å². The van der Waals surface area contributed by atoms with Gasteiger partial charge in [0.05, 0.1) is 17.1 Å². The van der Waals surface area contributed by atoms with E-state index in [2.05, 4.69) is 10.6 Å². The zero-order chi connectivity index (χ0) is 18.4. The van der Waals surface area contributed by atoms with E-state index in [-0.39, 0.29) is 11.5 Å². The number of urea groups is 1. The van der Waals surface area contributed by atoms with E-state index in [1.807, 2.05) is 0 Å². The standard InChI is InChI=1S/C17H18N2O5S/c1-3-24-16(20)12-5-4-6-14(11-12)19-17(21)18-13-7-9-15(10-8-13)25(2,22)23/h4-11H,3H2,1-2H3,(H2,18,19,21). The van der Waals surface area contributed by atoms with Crippen LogP contribution in [-0.4, -0.2) is 33.3 Å². The van der Waals surface area contributed by atoms with Crippen LogP contribution < -0.4 is 10.6 Å². The molecule has 0 spiro atoms. The lowest BCUT2D eigenvalue weighted by Crippen LogP contribution is -2.19. The first-order valence-corrected chi connectivity index (χ1v) is 9.34. The summed E-state index contributed by atoms with van der Waals surface area (Å²) in [5.74, 6) is -0.470. The molecule has 2 N–H and O–H groups in total. The van der Waals surface area contributed by atoms with Crippen LogP contribution in [0, 0.1) is 0 Å². The highest BCUT2D eigenvalue weighted by Crippen LogP contribution is 2.15. The Balaban J connectivity index is 2.03. The second-order valence-electron chi connectivity index (χ2n) is 5.18. The highest BCUT2D eigenvalue weighted by Gasteiger charge is 2.10. The molecule has 2 aromatic rings. The van der Waals surface area contributed by atoms with E-state index in [0.29, 0.717) is 16.9 Å². The van der Waals surface area contributed by atoms with Gasteiger partial charge >= 0.3 is 12.0 Å². The van der Waals surface area contributed by atoms with Crippen molar-refractivity contribution in [2.45, 2.75) is 11.8 Å². The van der Waals surface area contributed by atoms with Crippen LogP contribution in [0.4, 0.5) is 16.2 Å². The van der Waals surface area contributed by atoms with E-state index in [1.165, 1.54) is 30.3 Å². The number of benzene rings is 2. The van der Waals surface area contributed by atoms with Crippen molar-refractivity contribution in [3.05, 3.63) is 54.1 Å². The topological polar surface area (TPSA) is 102 Å². The number of amides is 2. The molecular formula is C17H18N2O5S. The lowest BCUT2D eigenvalue weighted by atomic mass is 10.2. The quantitative estimate of drug-likeness (QED) is 0.796. The predicted molar refractivity (Wildman–Crippen MR) is 94.6 cm³/mol. The van der Waals surface area contributed by atoms with Gasteiger partial charge in [-0.25, -0.2) is 18.0 Å². The Labute approximate surface area is 145 Å². The third-order valence-electron chi connectivity index (χ3n) is 3.17. The zero-order valence-corrected chi connectivity index (χ0v) is 14.6.